The van der Waals surface area contributed by atoms with E-state index in [1.807, 2.05) is 24.4 Å². The first-order chi connectivity index (χ1) is 11.3. The molecule has 0 aliphatic heterocycles. The molecule has 0 atom stereocenters. The molecule has 2 aromatic rings. The Hall–Kier alpha value is -2.10. The molecule has 0 bridgehead atoms. The van der Waals surface area contributed by atoms with Gasteiger partial charge >= 0.3 is 0 Å². The van der Waals surface area contributed by atoms with Gasteiger partial charge in [0.1, 0.15) is 0 Å². The first-order valence-electron chi connectivity index (χ1n) is 8.67. The predicted octanol–water partition coefficient (Wildman–Crippen LogP) is 2.90. The molecule has 1 aliphatic rings. The summed E-state index contributed by atoms with van der Waals surface area (Å²) >= 11 is 0. The van der Waals surface area contributed by atoms with E-state index in [1.165, 1.54) is 29.7 Å². The molecular weight excluding hydrogens is 286 g/mol. The monoisotopic (exact) mass is 311 g/mol. The van der Waals surface area contributed by atoms with E-state index >= 15 is 0 Å². The molecule has 0 spiro atoms. The van der Waals surface area contributed by atoms with Crippen molar-refractivity contribution in [1.29, 1.82) is 0 Å². The summed E-state index contributed by atoms with van der Waals surface area (Å²) in [5, 5.41) is 7.48. The smallest absolute Gasteiger partial charge is 0.220 e. The number of aromatic nitrogens is 2. The molecule has 1 amide bonds. The maximum atomic E-state index is 11.9. The highest BCUT2D eigenvalue weighted by molar-refractivity contribution is 5.75. The van der Waals surface area contributed by atoms with Crippen LogP contribution in [0.3, 0.4) is 0 Å². The minimum absolute atomic E-state index is 0.141. The molecule has 0 fully saturated rings. The second-order valence-corrected chi connectivity index (χ2v) is 6.24. The van der Waals surface area contributed by atoms with E-state index in [0.717, 1.165) is 32.2 Å². The summed E-state index contributed by atoms with van der Waals surface area (Å²) in [6, 6.07) is 10.3. The first-order valence-corrected chi connectivity index (χ1v) is 8.67. The quantitative estimate of drug-likeness (QED) is 0.854. The highest BCUT2D eigenvalue weighted by atomic mass is 16.1. The van der Waals surface area contributed by atoms with Gasteiger partial charge in [0.05, 0.1) is 12.7 Å². The summed E-state index contributed by atoms with van der Waals surface area (Å²) in [4.78, 5) is 11.9. The maximum Gasteiger partial charge on any atom is 0.220 e. The van der Waals surface area contributed by atoms with E-state index in [2.05, 4.69) is 27.2 Å². The Morgan fingerprint density at radius 1 is 1.17 bits per heavy atom. The molecule has 1 aromatic carbocycles. The van der Waals surface area contributed by atoms with Crippen molar-refractivity contribution in [1.82, 2.24) is 15.1 Å². The largest absolute Gasteiger partial charge is 0.354 e. The summed E-state index contributed by atoms with van der Waals surface area (Å²) in [7, 11) is 0. The summed E-state index contributed by atoms with van der Waals surface area (Å²) in [5.41, 5.74) is 4.06. The lowest BCUT2D eigenvalue weighted by molar-refractivity contribution is -0.121. The fraction of sp³-hybridized carbons (Fsp3) is 0.474. The maximum absolute atomic E-state index is 11.9. The van der Waals surface area contributed by atoms with Gasteiger partial charge in [-0.15, -0.1) is 0 Å². The van der Waals surface area contributed by atoms with Crippen molar-refractivity contribution >= 4 is 5.91 Å². The van der Waals surface area contributed by atoms with Crippen LogP contribution in [0.2, 0.25) is 0 Å². The van der Waals surface area contributed by atoms with Crippen molar-refractivity contribution in [2.75, 3.05) is 6.54 Å². The molecule has 4 nitrogen and oxygen atoms in total. The van der Waals surface area contributed by atoms with Crippen molar-refractivity contribution in [2.24, 2.45) is 0 Å². The second kappa shape index (κ2) is 7.95. The van der Waals surface area contributed by atoms with Crippen LogP contribution >= 0.6 is 0 Å². The van der Waals surface area contributed by atoms with Crippen molar-refractivity contribution < 1.29 is 4.79 Å². The highest BCUT2D eigenvalue weighted by Crippen LogP contribution is 2.20. The third kappa shape index (κ3) is 4.44. The number of hydrogen-bond donors (Lipinski definition) is 1. The third-order valence-electron chi connectivity index (χ3n) is 4.50. The molecule has 0 radical (unpaired) electrons. The van der Waals surface area contributed by atoms with Crippen molar-refractivity contribution in [3.05, 3.63) is 53.3 Å². The van der Waals surface area contributed by atoms with E-state index in [-0.39, 0.29) is 5.91 Å². The lowest BCUT2D eigenvalue weighted by atomic mass is 9.98. The van der Waals surface area contributed by atoms with E-state index in [9.17, 15) is 4.79 Å². The Kier molecular flexibility index (Phi) is 5.46. The van der Waals surface area contributed by atoms with Gasteiger partial charge in [-0.3, -0.25) is 9.48 Å². The van der Waals surface area contributed by atoms with Crippen molar-refractivity contribution in [2.45, 2.75) is 51.5 Å². The van der Waals surface area contributed by atoms with Gasteiger partial charge in [-0.2, -0.15) is 5.10 Å². The molecule has 1 N–H and O–H groups in total. The van der Waals surface area contributed by atoms with Crippen LogP contribution < -0.4 is 5.32 Å². The molecule has 0 unspecified atom stereocenters. The number of hydrogen-bond acceptors (Lipinski definition) is 2. The number of aryl methyl sites for hydroxylation is 2. The zero-order valence-electron chi connectivity index (χ0n) is 13.6. The van der Waals surface area contributed by atoms with E-state index in [1.54, 1.807) is 0 Å². The number of rotatable bonds is 7. The van der Waals surface area contributed by atoms with Crippen LogP contribution in [0, 0.1) is 0 Å². The Balaban J connectivity index is 1.35. The fourth-order valence-electron chi connectivity index (χ4n) is 3.24. The van der Waals surface area contributed by atoms with Crippen LogP contribution in [0.15, 0.2) is 36.5 Å². The average molecular weight is 311 g/mol. The van der Waals surface area contributed by atoms with Crippen LogP contribution in [-0.2, 0) is 30.6 Å². The Labute approximate surface area is 137 Å². The van der Waals surface area contributed by atoms with E-state index in [0.29, 0.717) is 13.0 Å². The molecule has 0 saturated heterocycles. The van der Waals surface area contributed by atoms with Gasteiger partial charge < -0.3 is 5.32 Å². The number of amides is 1. The standard InChI is InChI=1S/C19H25N3O/c23-19(12-6-9-16-7-2-1-3-8-16)20-13-14-22-18-11-5-4-10-17(18)15-21-22/h1-3,7-8,15H,4-6,9-14H2,(H,20,23). The van der Waals surface area contributed by atoms with E-state index < -0.39 is 0 Å². The molecule has 3 rings (SSSR count). The van der Waals surface area contributed by atoms with Gasteiger partial charge in [-0.1, -0.05) is 30.3 Å². The van der Waals surface area contributed by atoms with E-state index in [4.69, 9.17) is 0 Å². The molecule has 1 heterocycles. The van der Waals surface area contributed by atoms with Gasteiger partial charge in [0, 0.05) is 18.7 Å². The first kappa shape index (κ1) is 15.8. The van der Waals surface area contributed by atoms with Crippen LogP contribution in [0.5, 0.6) is 0 Å². The molecule has 1 aliphatic carbocycles. The lowest BCUT2D eigenvalue weighted by Gasteiger charge is -2.14. The number of fused-ring (bicyclic) bond motifs is 1. The molecule has 1 aromatic heterocycles. The number of benzene rings is 1. The third-order valence-corrected chi connectivity index (χ3v) is 4.50. The number of nitrogens with zero attached hydrogens (tertiary/aromatic N) is 2. The van der Waals surface area contributed by atoms with Crippen molar-refractivity contribution in [3.63, 3.8) is 0 Å². The number of nitrogens with one attached hydrogen (secondary N) is 1. The second-order valence-electron chi connectivity index (χ2n) is 6.24. The van der Waals surface area contributed by atoms with Gasteiger partial charge in [-0.05, 0) is 49.7 Å². The zero-order valence-corrected chi connectivity index (χ0v) is 13.6. The molecule has 4 heteroatoms. The predicted molar refractivity (Wildman–Crippen MR) is 91.3 cm³/mol. The topological polar surface area (TPSA) is 46.9 Å². The molecular formula is C19H25N3O. The normalized spacial score (nSPS) is 13.6. The lowest BCUT2D eigenvalue weighted by Crippen LogP contribution is -2.28. The van der Waals surface area contributed by atoms with Crippen LogP contribution in [0.1, 0.15) is 42.5 Å². The van der Waals surface area contributed by atoms with Gasteiger partial charge in [-0.25, -0.2) is 0 Å². The minimum atomic E-state index is 0.141. The zero-order chi connectivity index (χ0) is 15.9. The Morgan fingerprint density at radius 2 is 2.00 bits per heavy atom. The molecule has 0 saturated carbocycles. The summed E-state index contributed by atoms with van der Waals surface area (Å²) < 4.78 is 2.07. The summed E-state index contributed by atoms with van der Waals surface area (Å²) in [5.74, 6) is 0.141. The van der Waals surface area contributed by atoms with Crippen molar-refractivity contribution in [3.8, 4) is 0 Å². The number of carbonyl (C=O) groups excluding carboxylic acids is 1. The summed E-state index contributed by atoms with van der Waals surface area (Å²) in [6.45, 7) is 1.44. The number of carbonyl (C=O) groups is 1. The van der Waals surface area contributed by atoms with Gasteiger partial charge in [0.2, 0.25) is 5.91 Å². The van der Waals surface area contributed by atoms with Crippen LogP contribution in [0.25, 0.3) is 0 Å². The SMILES string of the molecule is O=C(CCCc1ccccc1)NCCn1ncc2c1CCCC2. The minimum Gasteiger partial charge on any atom is -0.354 e. The average Bonchev–Trinajstić information content (AvgIpc) is 2.99. The fourth-order valence-corrected chi connectivity index (χ4v) is 3.24. The Bertz CT molecular complexity index is 633. The Morgan fingerprint density at radius 3 is 2.87 bits per heavy atom. The van der Waals surface area contributed by atoms with Crippen LogP contribution in [-0.4, -0.2) is 22.2 Å². The highest BCUT2D eigenvalue weighted by Gasteiger charge is 2.14. The summed E-state index contributed by atoms with van der Waals surface area (Å²) in [6.07, 6.45) is 9.25. The van der Waals surface area contributed by atoms with Crippen LogP contribution in [0.4, 0.5) is 0 Å². The molecule has 23 heavy (non-hydrogen) atoms. The van der Waals surface area contributed by atoms with Gasteiger partial charge in [0.15, 0.2) is 0 Å². The van der Waals surface area contributed by atoms with Gasteiger partial charge in [0.25, 0.3) is 0 Å². The molecule has 122 valence electrons.